The standard InChI is InChI=1S/C19H26O5/c1-9-4-15-13(18(9)22)3-2-10-5-11(20)6-12-7-17(21)16(8-14(10)15)19(23)24-12/h2-3,8-15,17-18,20-22H,4-7H2,1H3/b16-8-/t9-,10+,11+,12+,13-,14-,15-,17-,18-/m0/s1. The number of carbonyl (C=O) groups excluding carboxylic acids is 1. The molecule has 0 aromatic rings. The van der Waals surface area contributed by atoms with Gasteiger partial charge in [0, 0.05) is 18.8 Å². The van der Waals surface area contributed by atoms with Gasteiger partial charge in [-0.1, -0.05) is 25.2 Å². The maximum atomic E-state index is 12.3. The molecule has 2 aliphatic heterocycles. The summed E-state index contributed by atoms with van der Waals surface area (Å²) in [6.45, 7) is 2.06. The maximum Gasteiger partial charge on any atom is 0.336 e. The van der Waals surface area contributed by atoms with Crippen LogP contribution in [0.1, 0.15) is 32.6 Å². The molecule has 1 saturated heterocycles. The second-order valence-corrected chi connectivity index (χ2v) is 8.10. The molecule has 2 fully saturated rings. The summed E-state index contributed by atoms with van der Waals surface area (Å²) in [5.74, 6) is 0.260. The van der Waals surface area contributed by atoms with E-state index >= 15 is 0 Å². The third kappa shape index (κ3) is 2.63. The van der Waals surface area contributed by atoms with Gasteiger partial charge in [-0.3, -0.25) is 0 Å². The van der Waals surface area contributed by atoms with Gasteiger partial charge in [0.15, 0.2) is 0 Å². The molecule has 2 bridgehead atoms. The number of esters is 1. The van der Waals surface area contributed by atoms with Crippen LogP contribution in [0.5, 0.6) is 0 Å². The lowest BCUT2D eigenvalue weighted by atomic mass is 9.68. The third-order valence-corrected chi connectivity index (χ3v) is 6.49. The maximum absolute atomic E-state index is 12.3. The summed E-state index contributed by atoms with van der Waals surface area (Å²) >= 11 is 0. The van der Waals surface area contributed by atoms with E-state index in [9.17, 15) is 20.1 Å². The van der Waals surface area contributed by atoms with Crippen molar-refractivity contribution in [2.75, 3.05) is 0 Å². The first-order valence-corrected chi connectivity index (χ1v) is 9.09. The van der Waals surface area contributed by atoms with E-state index in [2.05, 4.69) is 19.1 Å². The summed E-state index contributed by atoms with van der Waals surface area (Å²) in [7, 11) is 0. The summed E-state index contributed by atoms with van der Waals surface area (Å²) < 4.78 is 5.41. The van der Waals surface area contributed by atoms with Crippen LogP contribution < -0.4 is 0 Å². The van der Waals surface area contributed by atoms with Crippen molar-refractivity contribution in [2.45, 2.75) is 57.0 Å². The smallest absolute Gasteiger partial charge is 0.336 e. The van der Waals surface area contributed by atoms with Gasteiger partial charge >= 0.3 is 5.97 Å². The van der Waals surface area contributed by atoms with Crippen LogP contribution >= 0.6 is 0 Å². The fraction of sp³-hybridized carbons (Fsp3) is 0.737. The van der Waals surface area contributed by atoms with E-state index in [1.165, 1.54) is 0 Å². The van der Waals surface area contributed by atoms with Crippen LogP contribution in [0.2, 0.25) is 0 Å². The quantitative estimate of drug-likeness (QED) is 0.457. The van der Waals surface area contributed by atoms with E-state index in [0.717, 1.165) is 6.42 Å². The largest absolute Gasteiger partial charge is 0.459 e. The lowest BCUT2D eigenvalue weighted by molar-refractivity contribution is -0.153. The Kier molecular flexibility index (Phi) is 4.06. The van der Waals surface area contributed by atoms with E-state index in [1.807, 2.05) is 6.08 Å². The van der Waals surface area contributed by atoms with Crippen molar-refractivity contribution in [3.8, 4) is 0 Å². The van der Waals surface area contributed by atoms with Gasteiger partial charge in [-0.25, -0.2) is 4.79 Å². The Morgan fingerprint density at radius 3 is 2.58 bits per heavy atom. The molecule has 1 saturated carbocycles. The van der Waals surface area contributed by atoms with E-state index < -0.39 is 24.3 Å². The van der Waals surface area contributed by atoms with Crippen molar-refractivity contribution in [3.63, 3.8) is 0 Å². The molecule has 0 spiro atoms. The molecule has 5 heteroatoms. The lowest BCUT2D eigenvalue weighted by Gasteiger charge is -2.39. The predicted molar refractivity (Wildman–Crippen MR) is 86.7 cm³/mol. The molecule has 132 valence electrons. The molecule has 0 radical (unpaired) electrons. The first-order chi connectivity index (χ1) is 11.4. The minimum atomic E-state index is -0.824. The Bertz CT molecular complexity index is 582. The van der Waals surface area contributed by atoms with Crippen molar-refractivity contribution in [1.29, 1.82) is 0 Å². The second-order valence-electron chi connectivity index (χ2n) is 8.10. The molecule has 0 amide bonds. The first-order valence-electron chi connectivity index (χ1n) is 9.09. The normalized spacial score (nSPS) is 52.9. The number of carbonyl (C=O) groups is 1. The summed E-state index contributed by atoms with van der Waals surface area (Å²) in [4.78, 5) is 12.3. The van der Waals surface area contributed by atoms with Crippen molar-refractivity contribution in [1.82, 2.24) is 0 Å². The summed E-state index contributed by atoms with van der Waals surface area (Å²) in [6, 6.07) is 0. The minimum Gasteiger partial charge on any atom is -0.459 e. The van der Waals surface area contributed by atoms with Crippen molar-refractivity contribution >= 4 is 5.97 Å². The second kappa shape index (κ2) is 5.97. The predicted octanol–water partition coefficient (Wildman–Crippen LogP) is 1.18. The highest BCUT2D eigenvalue weighted by Crippen LogP contribution is 2.49. The van der Waals surface area contributed by atoms with Gasteiger partial charge in [0.2, 0.25) is 0 Å². The highest BCUT2D eigenvalue weighted by molar-refractivity contribution is 5.90. The Hall–Kier alpha value is -1.17. The van der Waals surface area contributed by atoms with Crippen LogP contribution in [0.4, 0.5) is 0 Å². The van der Waals surface area contributed by atoms with Gasteiger partial charge in [0.05, 0.1) is 23.9 Å². The van der Waals surface area contributed by atoms with E-state index in [-0.39, 0.29) is 35.7 Å². The van der Waals surface area contributed by atoms with E-state index in [4.69, 9.17) is 4.74 Å². The van der Waals surface area contributed by atoms with E-state index in [0.29, 0.717) is 24.8 Å². The Labute approximate surface area is 142 Å². The summed E-state index contributed by atoms with van der Waals surface area (Å²) in [5, 5.41) is 31.3. The molecular formula is C19H26O5. The molecule has 0 aromatic heterocycles. The van der Waals surface area contributed by atoms with Crippen LogP contribution in [-0.2, 0) is 9.53 Å². The number of rotatable bonds is 0. The monoisotopic (exact) mass is 334 g/mol. The fourth-order valence-corrected chi connectivity index (χ4v) is 5.25. The van der Waals surface area contributed by atoms with Crippen LogP contribution in [0.25, 0.3) is 0 Å². The minimum absolute atomic E-state index is 0.0427. The molecule has 3 N–H and O–H groups in total. The number of aliphatic hydroxyl groups is 3. The zero-order chi connectivity index (χ0) is 17.0. The lowest BCUT2D eigenvalue weighted by Crippen LogP contribution is -2.41. The Balaban J connectivity index is 1.75. The number of ether oxygens (including phenoxy) is 1. The van der Waals surface area contributed by atoms with Gasteiger partial charge in [-0.15, -0.1) is 0 Å². The van der Waals surface area contributed by atoms with Gasteiger partial charge in [-0.05, 0) is 36.5 Å². The molecule has 2 heterocycles. The highest BCUT2D eigenvalue weighted by atomic mass is 16.5. The third-order valence-electron chi connectivity index (χ3n) is 6.49. The van der Waals surface area contributed by atoms with Crippen LogP contribution in [0, 0.1) is 29.6 Å². The molecule has 0 aromatic carbocycles. The molecular weight excluding hydrogens is 308 g/mol. The average Bonchev–Trinajstić information content (AvgIpc) is 2.79. The fourth-order valence-electron chi connectivity index (χ4n) is 5.25. The van der Waals surface area contributed by atoms with Crippen molar-refractivity contribution in [2.24, 2.45) is 29.6 Å². The van der Waals surface area contributed by atoms with Crippen LogP contribution in [-0.4, -0.2) is 45.7 Å². The molecule has 5 aliphatic rings. The number of hydrogen-bond acceptors (Lipinski definition) is 5. The van der Waals surface area contributed by atoms with Gasteiger partial charge in [0.25, 0.3) is 0 Å². The number of aliphatic hydroxyl groups excluding tert-OH is 3. The SMILES string of the molecule is C[C@H]1C[C@H]2[C@H](C=C[C@@H]3C[C@@H](O)C[C@@H]4C[C@H](O)/C(=C/[C@H]23)C(=O)O4)[C@H]1O. The molecule has 9 atom stereocenters. The van der Waals surface area contributed by atoms with Crippen LogP contribution in [0.3, 0.4) is 0 Å². The Morgan fingerprint density at radius 1 is 1.04 bits per heavy atom. The number of allylic oxidation sites excluding steroid dienone is 2. The molecule has 0 unspecified atom stereocenters. The zero-order valence-electron chi connectivity index (χ0n) is 13.9. The van der Waals surface area contributed by atoms with Crippen molar-refractivity contribution < 1.29 is 24.9 Å². The topological polar surface area (TPSA) is 87.0 Å². The first kappa shape index (κ1) is 16.3. The van der Waals surface area contributed by atoms with Gasteiger partial charge < -0.3 is 20.1 Å². The molecule has 5 nitrogen and oxygen atoms in total. The summed E-state index contributed by atoms with van der Waals surface area (Å²) in [6.07, 6.45) is 6.18. The molecule has 3 aliphatic carbocycles. The average molecular weight is 334 g/mol. The number of fused-ring (bicyclic) bond motifs is 5. The van der Waals surface area contributed by atoms with Gasteiger partial charge in [-0.2, -0.15) is 0 Å². The van der Waals surface area contributed by atoms with Crippen LogP contribution in [0.15, 0.2) is 23.8 Å². The number of hydrogen-bond donors (Lipinski definition) is 3. The molecule has 24 heavy (non-hydrogen) atoms. The van der Waals surface area contributed by atoms with Gasteiger partial charge in [0.1, 0.15) is 6.10 Å². The summed E-state index contributed by atoms with van der Waals surface area (Å²) in [5.41, 5.74) is 0.362. The Morgan fingerprint density at radius 2 is 1.83 bits per heavy atom. The zero-order valence-corrected chi connectivity index (χ0v) is 13.9. The molecule has 5 rings (SSSR count). The van der Waals surface area contributed by atoms with Crippen molar-refractivity contribution in [3.05, 3.63) is 23.8 Å². The highest BCUT2D eigenvalue weighted by Gasteiger charge is 2.47. The van der Waals surface area contributed by atoms with E-state index in [1.54, 1.807) is 0 Å².